The second-order valence-corrected chi connectivity index (χ2v) is 3.37. The highest BCUT2D eigenvalue weighted by Gasteiger charge is 2.59. The lowest BCUT2D eigenvalue weighted by atomic mass is 10.1. The zero-order valence-corrected chi connectivity index (χ0v) is 8.99. The molecule has 4 heteroatoms. The predicted molar refractivity (Wildman–Crippen MR) is 51.7 cm³/mol. The van der Waals surface area contributed by atoms with Gasteiger partial charge < -0.3 is 0 Å². The molecular formula is C10H16F2N2. The fourth-order valence-electron chi connectivity index (χ4n) is 1.60. The first-order valence-corrected chi connectivity index (χ1v) is 4.91. The molecule has 1 fully saturated rings. The molecular weight excluding hydrogens is 186 g/mol. The van der Waals surface area contributed by atoms with Crippen LogP contribution in [0, 0.1) is 13.8 Å². The molecule has 1 aromatic rings. The van der Waals surface area contributed by atoms with E-state index in [2.05, 4.69) is 10.2 Å². The van der Waals surface area contributed by atoms with Gasteiger partial charge in [0.1, 0.15) is 0 Å². The summed E-state index contributed by atoms with van der Waals surface area (Å²) in [5.41, 5.74) is 2.18. The Hall–Kier alpha value is -0.930. The van der Waals surface area contributed by atoms with Crippen molar-refractivity contribution in [3.63, 3.8) is 0 Å². The van der Waals surface area contributed by atoms with Gasteiger partial charge in [-0.25, -0.2) is 8.78 Å². The Labute approximate surface area is 82.7 Å². The first kappa shape index (κ1) is 11.1. The van der Waals surface area contributed by atoms with Crippen molar-refractivity contribution in [2.24, 2.45) is 0 Å². The van der Waals surface area contributed by atoms with Gasteiger partial charge in [-0.05, 0) is 13.8 Å². The van der Waals surface area contributed by atoms with E-state index in [-0.39, 0.29) is 6.42 Å². The summed E-state index contributed by atoms with van der Waals surface area (Å²) in [6.07, 6.45) is -0.0196. The first-order chi connectivity index (χ1) is 6.52. The number of hydrogen-bond acceptors (Lipinski definition) is 1. The molecule has 0 spiro atoms. The number of H-pyrrole nitrogens is 1. The maximum atomic E-state index is 12.7. The molecule has 1 aliphatic carbocycles. The van der Waals surface area contributed by atoms with Crippen molar-refractivity contribution in [1.82, 2.24) is 10.2 Å². The van der Waals surface area contributed by atoms with Crippen molar-refractivity contribution in [3.05, 3.63) is 17.0 Å². The molecule has 1 heterocycles. The molecule has 1 aliphatic rings. The second kappa shape index (κ2) is 3.67. The fraction of sp³-hybridized carbons (Fsp3) is 0.700. The summed E-state index contributed by atoms with van der Waals surface area (Å²) in [7, 11) is 0. The van der Waals surface area contributed by atoms with E-state index in [1.165, 1.54) is 0 Å². The molecule has 1 aromatic heterocycles. The highest BCUT2D eigenvalue weighted by Crippen LogP contribution is 2.56. The van der Waals surface area contributed by atoms with Gasteiger partial charge in [0.15, 0.2) is 0 Å². The van der Waals surface area contributed by atoms with E-state index >= 15 is 0 Å². The van der Waals surface area contributed by atoms with E-state index in [0.717, 1.165) is 5.69 Å². The van der Waals surface area contributed by atoms with Crippen LogP contribution < -0.4 is 0 Å². The van der Waals surface area contributed by atoms with E-state index < -0.39 is 11.8 Å². The zero-order valence-electron chi connectivity index (χ0n) is 8.99. The van der Waals surface area contributed by atoms with E-state index in [9.17, 15) is 8.78 Å². The van der Waals surface area contributed by atoms with Gasteiger partial charge in [0.25, 0.3) is 5.92 Å². The summed E-state index contributed by atoms with van der Waals surface area (Å²) in [6, 6.07) is 0. The van der Waals surface area contributed by atoms with Crippen LogP contribution in [0.2, 0.25) is 0 Å². The van der Waals surface area contributed by atoms with E-state index in [1.807, 2.05) is 13.8 Å². The summed E-state index contributed by atoms with van der Waals surface area (Å²) in [5.74, 6) is -3.07. The first-order valence-electron chi connectivity index (χ1n) is 4.91. The third-order valence-corrected chi connectivity index (χ3v) is 2.36. The summed E-state index contributed by atoms with van der Waals surface area (Å²) < 4.78 is 25.4. The SMILES string of the molecule is CC.Cc1n[nH]c(C)c1C1CC1(F)F. The van der Waals surface area contributed by atoms with Gasteiger partial charge in [0.05, 0.1) is 11.6 Å². The smallest absolute Gasteiger partial charge is 0.256 e. The molecule has 0 amide bonds. The normalized spacial score (nSPS) is 22.6. The molecule has 1 atom stereocenters. The third-order valence-electron chi connectivity index (χ3n) is 2.36. The lowest BCUT2D eigenvalue weighted by Crippen LogP contribution is -1.95. The number of halogens is 2. The number of nitrogens with one attached hydrogen (secondary N) is 1. The van der Waals surface area contributed by atoms with Gasteiger partial charge in [-0.15, -0.1) is 0 Å². The van der Waals surface area contributed by atoms with Crippen molar-refractivity contribution in [2.45, 2.75) is 46.0 Å². The topological polar surface area (TPSA) is 28.7 Å². The third kappa shape index (κ3) is 1.79. The van der Waals surface area contributed by atoms with Crippen molar-refractivity contribution < 1.29 is 8.78 Å². The monoisotopic (exact) mass is 202 g/mol. The minimum absolute atomic E-state index is 0.0196. The maximum Gasteiger partial charge on any atom is 0.256 e. The minimum atomic E-state index is -2.49. The Morgan fingerprint density at radius 2 is 1.86 bits per heavy atom. The molecule has 1 saturated carbocycles. The summed E-state index contributed by atoms with van der Waals surface area (Å²) in [5, 5.41) is 6.60. The molecule has 0 aromatic carbocycles. The molecule has 80 valence electrons. The van der Waals surface area contributed by atoms with Crippen LogP contribution in [0.3, 0.4) is 0 Å². The summed E-state index contributed by atoms with van der Waals surface area (Å²) >= 11 is 0. The Kier molecular flexibility index (Phi) is 2.92. The highest BCUT2D eigenvalue weighted by atomic mass is 19.3. The number of aromatic amines is 1. The van der Waals surface area contributed by atoms with Gasteiger partial charge in [0, 0.05) is 17.7 Å². The second-order valence-electron chi connectivity index (χ2n) is 3.37. The van der Waals surface area contributed by atoms with Gasteiger partial charge >= 0.3 is 0 Å². The van der Waals surface area contributed by atoms with Gasteiger partial charge in [-0.3, -0.25) is 5.10 Å². The minimum Gasteiger partial charge on any atom is -0.282 e. The van der Waals surface area contributed by atoms with Crippen LogP contribution >= 0.6 is 0 Å². The lowest BCUT2D eigenvalue weighted by molar-refractivity contribution is 0.112. The number of nitrogens with zero attached hydrogens (tertiary/aromatic N) is 1. The Morgan fingerprint density at radius 1 is 1.36 bits per heavy atom. The van der Waals surface area contributed by atoms with Crippen molar-refractivity contribution >= 4 is 0 Å². The molecule has 0 saturated heterocycles. The summed E-state index contributed by atoms with van der Waals surface area (Å²) in [4.78, 5) is 0. The molecule has 0 bridgehead atoms. The quantitative estimate of drug-likeness (QED) is 0.744. The van der Waals surface area contributed by atoms with Crippen molar-refractivity contribution in [2.75, 3.05) is 0 Å². The van der Waals surface area contributed by atoms with Crippen LogP contribution in [-0.2, 0) is 0 Å². The lowest BCUT2D eigenvalue weighted by Gasteiger charge is -1.97. The molecule has 2 rings (SSSR count). The number of hydrogen-bond donors (Lipinski definition) is 1. The summed E-state index contributed by atoms with van der Waals surface area (Å²) in [6.45, 7) is 7.54. The molecule has 0 aliphatic heterocycles. The molecule has 14 heavy (non-hydrogen) atoms. The average molecular weight is 202 g/mol. The largest absolute Gasteiger partial charge is 0.282 e. The van der Waals surface area contributed by atoms with Gasteiger partial charge in [0.2, 0.25) is 0 Å². The maximum absolute atomic E-state index is 12.7. The van der Waals surface area contributed by atoms with Crippen molar-refractivity contribution in [1.29, 1.82) is 0 Å². The van der Waals surface area contributed by atoms with Crippen LogP contribution in [0.5, 0.6) is 0 Å². The van der Waals surface area contributed by atoms with Gasteiger partial charge in [-0.2, -0.15) is 5.10 Å². The van der Waals surface area contributed by atoms with E-state index in [4.69, 9.17) is 0 Å². The van der Waals surface area contributed by atoms with Crippen LogP contribution in [-0.4, -0.2) is 16.1 Å². The zero-order chi connectivity index (χ0) is 10.9. The molecule has 2 nitrogen and oxygen atoms in total. The fourth-order valence-corrected chi connectivity index (χ4v) is 1.60. The van der Waals surface area contributed by atoms with Crippen molar-refractivity contribution in [3.8, 4) is 0 Å². The van der Waals surface area contributed by atoms with Crippen LogP contribution in [0.1, 0.15) is 43.1 Å². The Morgan fingerprint density at radius 3 is 2.14 bits per heavy atom. The van der Waals surface area contributed by atoms with Gasteiger partial charge in [-0.1, -0.05) is 13.8 Å². The Balaban J connectivity index is 0.000000461. The number of alkyl halides is 2. The van der Waals surface area contributed by atoms with Crippen LogP contribution in [0.15, 0.2) is 0 Å². The average Bonchev–Trinajstić information content (AvgIpc) is 2.61. The number of aryl methyl sites for hydroxylation is 2. The molecule has 1 N–H and O–H groups in total. The van der Waals surface area contributed by atoms with E-state index in [1.54, 1.807) is 13.8 Å². The van der Waals surface area contributed by atoms with Crippen LogP contribution in [0.25, 0.3) is 0 Å². The number of rotatable bonds is 1. The molecule has 0 radical (unpaired) electrons. The number of aromatic nitrogens is 2. The molecule has 1 unspecified atom stereocenters. The van der Waals surface area contributed by atoms with Crippen LogP contribution in [0.4, 0.5) is 8.78 Å². The standard InChI is InChI=1S/C8H10F2N2.C2H6/c1-4-7(5(2)12-11-4)6-3-8(6,9)10;1-2/h6H,3H2,1-2H3,(H,11,12);1-2H3. The Bertz CT molecular complexity index is 298. The predicted octanol–water partition coefficient (Wildman–Crippen LogP) is 3.18. The van der Waals surface area contributed by atoms with E-state index in [0.29, 0.717) is 11.3 Å². The highest BCUT2D eigenvalue weighted by molar-refractivity contribution is 5.35.